The Balaban J connectivity index is 1.39. The van der Waals surface area contributed by atoms with Crippen LogP contribution in [0.1, 0.15) is 49.0 Å². The Morgan fingerprint density at radius 3 is 2.32 bits per heavy atom. The molecule has 0 aliphatic carbocycles. The number of hydrogen-bond donors (Lipinski definition) is 5. The van der Waals surface area contributed by atoms with Crippen molar-refractivity contribution in [3.05, 3.63) is 106 Å². The van der Waals surface area contributed by atoms with Crippen molar-refractivity contribution in [3.63, 3.8) is 0 Å². The molecule has 0 bridgehead atoms. The maximum Gasteiger partial charge on any atom is 0.407 e. The first kappa shape index (κ1) is 45.6. The van der Waals surface area contributed by atoms with Gasteiger partial charge in [-0.1, -0.05) is 80.9 Å². The van der Waals surface area contributed by atoms with Crippen molar-refractivity contribution in [2.75, 3.05) is 33.9 Å². The Labute approximate surface area is 354 Å². The fourth-order valence-electron chi connectivity index (χ4n) is 7.02. The van der Waals surface area contributed by atoms with Gasteiger partial charge in [-0.15, -0.1) is 11.3 Å². The van der Waals surface area contributed by atoms with Gasteiger partial charge < -0.3 is 40.1 Å². The van der Waals surface area contributed by atoms with Gasteiger partial charge in [0.1, 0.15) is 17.1 Å². The fourth-order valence-corrected chi connectivity index (χ4v) is 7.77. The van der Waals surface area contributed by atoms with Crippen molar-refractivity contribution in [3.8, 4) is 11.3 Å². The summed E-state index contributed by atoms with van der Waals surface area (Å²) in [6, 6.07) is 19.2. The predicted molar refractivity (Wildman–Crippen MR) is 226 cm³/mol. The lowest BCUT2D eigenvalue weighted by Gasteiger charge is -2.35. The van der Waals surface area contributed by atoms with E-state index in [2.05, 4.69) is 30.8 Å². The van der Waals surface area contributed by atoms with Gasteiger partial charge in [-0.05, 0) is 42.5 Å². The molecule has 1 aliphatic heterocycles. The number of ether oxygens (including phenoxy) is 2. The monoisotopic (exact) mass is 844 g/mol. The second-order valence-corrected chi connectivity index (χ2v) is 15.8. The molecule has 322 valence electrons. The number of aliphatic hydroxyl groups is 2. The minimum Gasteiger partial charge on any atom is -0.453 e. The number of urea groups is 1. The molecule has 1 aliphatic rings. The van der Waals surface area contributed by atoms with E-state index in [0.29, 0.717) is 32.7 Å². The first-order valence-electron chi connectivity index (χ1n) is 20.0. The average molecular weight is 845 g/mol. The highest BCUT2D eigenvalue weighted by atomic mass is 32.1. The van der Waals surface area contributed by atoms with Crippen LogP contribution in [0.3, 0.4) is 0 Å². The molecule has 60 heavy (non-hydrogen) atoms. The number of rotatable bonds is 21. The molecule has 5 N–H and O–H groups in total. The third kappa shape index (κ3) is 12.5. The molecule has 6 atom stereocenters. The second kappa shape index (κ2) is 22.2. The Hall–Kier alpha value is -5.46. The molecule has 5 rings (SSSR count). The summed E-state index contributed by atoms with van der Waals surface area (Å²) in [5, 5.41) is 32.2. The number of nitrogens with one attached hydrogen (secondary N) is 3. The molecule has 0 spiro atoms. The van der Waals surface area contributed by atoms with Crippen LogP contribution >= 0.6 is 11.3 Å². The highest BCUT2D eigenvalue weighted by Crippen LogP contribution is 2.24. The number of alkyl carbamates (subject to hydrolysis) is 1. The number of carbonyl (C=O) groups excluding carboxylic acids is 4. The maximum atomic E-state index is 14.5. The van der Waals surface area contributed by atoms with Crippen molar-refractivity contribution < 1.29 is 38.9 Å². The number of benzene rings is 2. The van der Waals surface area contributed by atoms with Gasteiger partial charge in [-0.25, -0.2) is 19.6 Å². The lowest BCUT2D eigenvalue weighted by molar-refractivity contribution is -0.132. The number of hydrogen-bond acceptors (Lipinski definition) is 12. The van der Waals surface area contributed by atoms with E-state index in [4.69, 9.17) is 4.74 Å². The first-order valence-corrected chi connectivity index (χ1v) is 20.9. The number of nitrogens with zero attached hydrogens (tertiary/aromatic N) is 5. The lowest BCUT2D eigenvalue weighted by Crippen LogP contribution is -2.60. The van der Waals surface area contributed by atoms with E-state index in [1.807, 2.05) is 92.0 Å². The van der Waals surface area contributed by atoms with E-state index in [9.17, 15) is 29.4 Å². The summed E-state index contributed by atoms with van der Waals surface area (Å²) in [5.74, 6) is -1.38. The zero-order valence-electron chi connectivity index (χ0n) is 34.7. The van der Waals surface area contributed by atoms with Crippen LogP contribution in [-0.2, 0) is 45.2 Å². The van der Waals surface area contributed by atoms with Gasteiger partial charge in [0.15, 0.2) is 0 Å². The van der Waals surface area contributed by atoms with Crippen LogP contribution in [0.2, 0.25) is 0 Å². The smallest absolute Gasteiger partial charge is 0.407 e. The molecule has 16 nitrogen and oxygen atoms in total. The van der Waals surface area contributed by atoms with Gasteiger partial charge in [0.05, 0.1) is 49.9 Å². The Bertz CT molecular complexity index is 1990. The summed E-state index contributed by atoms with van der Waals surface area (Å²) in [6.45, 7) is 6.61. The van der Waals surface area contributed by atoms with E-state index in [1.165, 1.54) is 23.3 Å². The minimum atomic E-state index is -1.39. The molecule has 5 amide bonds. The molecule has 1 saturated heterocycles. The van der Waals surface area contributed by atoms with E-state index in [-0.39, 0.29) is 31.5 Å². The number of aromatic nitrogens is 2. The molecule has 0 saturated carbocycles. The van der Waals surface area contributed by atoms with Crippen molar-refractivity contribution in [2.24, 2.45) is 5.92 Å². The second-order valence-electron chi connectivity index (χ2n) is 14.9. The minimum absolute atomic E-state index is 0.0988. The van der Waals surface area contributed by atoms with Gasteiger partial charge in [0.2, 0.25) is 5.91 Å². The highest BCUT2D eigenvalue weighted by Gasteiger charge is 2.41. The Morgan fingerprint density at radius 2 is 1.67 bits per heavy atom. The SMILES string of the molecule is CC[C@H](C)[C@@H](C(=O)N[C@@H](Cc1ccccc1)[C@@H](O)CN(Cc1ccc(-c2ccccn2)cc1)NC(=O)[C@@H](NC(=O)OC)[C@@H](C)O)N1CCN(Cc2csc(COC)n2)C1=O. The molecule has 0 radical (unpaired) electrons. The van der Waals surface area contributed by atoms with Crippen molar-refractivity contribution in [1.82, 2.24) is 40.8 Å². The van der Waals surface area contributed by atoms with Gasteiger partial charge in [-0.3, -0.25) is 20.0 Å². The molecule has 2 aromatic carbocycles. The van der Waals surface area contributed by atoms with Crippen LogP contribution in [-0.4, -0.2) is 123 Å². The number of hydrazine groups is 1. The third-order valence-electron chi connectivity index (χ3n) is 10.4. The van der Waals surface area contributed by atoms with Gasteiger partial charge in [0.25, 0.3) is 5.91 Å². The lowest BCUT2D eigenvalue weighted by atomic mass is 9.95. The summed E-state index contributed by atoms with van der Waals surface area (Å²) in [6.07, 6.45) is -0.920. The summed E-state index contributed by atoms with van der Waals surface area (Å²) >= 11 is 1.46. The molecule has 0 unspecified atom stereocenters. The summed E-state index contributed by atoms with van der Waals surface area (Å²) in [7, 11) is 2.75. The first-order chi connectivity index (χ1) is 28.9. The number of thiazole rings is 1. The topological polar surface area (TPSA) is 199 Å². The zero-order valence-corrected chi connectivity index (χ0v) is 35.5. The molecular formula is C43H56N8O8S. The van der Waals surface area contributed by atoms with Crippen LogP contribution < -0.4 is 16.1 Å². The molecule has 4 aromatic rings. The van der Waals surface area contributed by atoms with Crippen LogP contribution in [0.4, 0.5) is 9.59 Å². The predicted octanol–water partition coefficient (Wildman–Crippen LogP) is 3.73. The summed E-state index contributed by atoms with van der Waals surface area (Å²) in [4.78, 5) is 66.4. The van der Waals surface area contributed by atoms with Crippen LogP contribution in [0.5, 0.6) is 0 Å². The van der Waals surface area contributed by atoms with Crippen molar-refractivity contribution in [1.29, 1.82) is 0 Å². The number of pyridine rings is 1. The van der Waals surface area contributed by atoms with Gasteiger partial charge in [0, 0.05) is 50.4 Å². The third-order valence-corrected chi connectivity index (χ3v) is 11.3. The molecule has 17 heteroatoms. The number of amides is 5. The number of aliphatic hydroxyl groups excluding tert-OH is 2. The average Bonchev–Trinajstić information content (AvgIpc) is 3.85. The normalized spacial score (nSPS) is 15.8. The van der Waals surface area contributed by atoms with Crippen LogP contribution in [0.25, 0.3) is 11.3 Å². The van der Waals surface area contributed by atoms with Gasteiger partial charge in [-0.2, -0.15) is 0 Å². The maximum absolute atomic E-state index is 14.5. The standard InChI is InChI=1S/C43H56N8O8S/c1-6-28(2)39(51-21-20-49(43(51)57)24-33-27-60-37(45-33)26-58-4)41(55)46-35(22-30-12-8-7-9-13-30)36(53)25-50(48-40(54)38(29(3)52)47-42(56)59-5)23-31-15-17-32(18-16-31)34-14-10-11-19-44-34/h7-19,27-29,35-36,38-39,52-53H,6,20-26H2,1-5H3,(H,46,55)(H,47,56)(H,48,54)/t28-,29+,35-,36-,38-,39-/m0/s1. The van der Waals surface area contributed by atoms with Crippen molar-refractivity contribution >= 4 is 35.3 Å². The summed E-state index contributed by atoms with van der Waals surface area (Å²) < 4.78 is 9.87. The van der Waals surface area contributed by atoms with Crippen LogP contribution in [0.15, 0.2) is 84.4 Å². The molecule has 1 fully saturated rings. The fraction of sp³-hybridized carbons (Fsp3) is 0.442. The number of methoxy groups -OCH3 is 2. The highest BCUT2D eigenvalue weighted by molar-refractivity contribution is 7.09. The Morgan fingerprint density at radius 1 is 0.933 bits per heavy atom. The molecule has 2 aromatic heterocycles. The molecular weight excluding hydrogens is 789 g/mol. The summed E-state index contributed by atoms with van der Waals surface area (Å²) in [5.41, 5.74) is 6.80. The van der Waals surface area contributed by atoms with E-state index in [0.717, 1.165) is 40.2 Å². The van der Waals surface area contributed by atoms with E-state index in [1.54, 1.807) is 23.1 Å². The zero-order chi connectivity index (χ0) is 43.2. The van der Waals surface area contributed by atoms with Gasteiger partial charge >= 0.3 is 12.1 Å². The van der Waals surface area contributed by atoms with E-state index >= 15 is 0 Å². The largest absolute Gasteiger partial charge is 0.453 e. The number of carbonyl (C=O) groups is 4. The molecule has 3 heterocycles. The van der Waals surface area contributed by atoms with Crippen LogP contribution in [0, 0.1) is 5.92 Å². The van der Waals surface area contributed by atoms with E-state index < -0.39 is 48.2 Å². The quantitative estimate of drug-likeness (QED) is 0.0767. The Kier molecular flexibility index (Phi) is 16.9. The van der Waals surface area contributed by atoms with Crippen molar-refractivity contribution in [2.45, 2.75) is 83.6 Å².